The molecular formula is C15H24ClN3O. The van der Waals surface area contributed by atoms with Crippen LogP contribution >= 0.6 is 11.6 Å². The fourth-order valence-corrected chi connectivity index (χ4v) is 2.05. The summed E-state index contributed by atoms with van der Waals surface area (Å²) in [4.78, 5) is 14.1. The van der Waals surface area contributed by atoms with Crippen molar-refractivity contribution >= 4 is 23.2 Å². The largest absolute Gasteiger partial charge is 0.325 e. The Morgan fingerprint density at radius 1 is 1.20 bits per heavy atom. The second-order valence-electron chi connectivity index (χ2n) is 4.67. The molecule has 5 heteroatoms. The molecule has 0 fully saturated rings. The van der Waals surface area contributed by atoms with Crippen molar-refractivity contribution in [3.8, 4) is 0 Å². The van der Waals surface area contributed by atoms with Crippen LogP contribution in [0.5, 0.6) is 0 Å². The first kappa shape index (κ1) is 17.0. The maximum atomic E-state index is 11.7. The summed E-state index contributed by atoms with van der Waals surface area (Å²) in [5, 5.41) is 6.65. The smallest absolute Gasteiger partial charge is 0.238 e. The quantitative estimate of drug-likeness (QED) is 0.689. The van der Waals surface area contributed by atoms with Crippen molar-refractivity contribution in [1.29, 1.82) is 0 Å². The molecule has 1 amide bonds. The van der Waals surface area contributed by atoms with E-state index in [1.165, 1.54) is 0 Å². The minimum Gasteiger partial charge on any atom is -0.325 e. The first-order valence-corrected chi connectivity index (χ1v) is 7.52. The summed E-state index contributed by atoms with van der Waals surface area (Å²) in [5.74, 6) is -0.0362. The molecule has 0 spiro atoms. The predicted molar refractivity (Wildman–Crippen MR) is 85.4 cm³/mol. The van der Waals surface area contributed by atoms with Gasteiger partial charge in [0.15, 0.2) is 0 Å². The van der Waals surface area contributed by atoms with E-state index in [2.05, 4.69) is 29.4 Å². The highest BCUT2D eigenvalue weighted by Crippen LogP contribution is 2.12. The lowest BCUT2D eigenvalue weighted by molar-refractivity contribution is -0.115. The normalized spacial score (nSPS) is 10.8. The molecule has 0 bridgehead atoms. The molecule has 1 aromatic rings. The van der Waals surface area contributed by atoms with Gasteiger partial charge in [-0.15, -0.1) is 0 Å². The third kappa shape index (κ3) is 6.89. The molecule has 0 heterocycles. The van der Waals surface area contributed by atoms with Crippen LogP contribution in [0.4, 0.5) is 5.69 Å². The maximum absolute atomic E-state index is 11.7. The average Bonchev–Trinajstić information content (AvgIpc) is 2.45. The van der Waals surface area contributed by atoms with E-state index < -0.39 is 0 Å². The fraction of sp³-hybridized carbons (Fsp3) is 0.533. The number of halogens is 1. The molecule has 0 aliphatic rings. The van der Waals surface area contributed by atoms with E-state index in [4.69, 9.17) is 11.6 Å². The van der Waals surface area contributed by atoms with Crippen LogP contribution in [0.1, 0.15) is 20.3 Å². The van der Waals surface area contributed by atoms with Crippen LogP contribution in [-0.4, -0.2) is 43.5 Å². The van der Waals surface area contributed by atoms with Gasteiger partial charge in [-0.25, -0.2) is 0 Å². The zero-order chi connectivity index (χ0) is 14.8. The van der Waals surface area contributed by atoms with Gasteiger partial charge in [-0.3, -0.25) is 4.79 Å². The number of hydrogen-bond acceptors (Lipinski definition) is 3. The molecule has 1 aromatic carbocycles. The molecule has 0 saturated carbocycles. The molecule has 0 aliphatic heterocycles. The summed E-state index contributed by atoms with van der Waals surface area (Å²) >= 11 is 5.79. The fourth-order valence-electron chi connectivity index (χ4n) is 1.92. The van der Waals surface area contributed by atoms with Gasteiger partial charge in [-0.1, -0.05) is 25.4 Å². The highest BCUT2D eigenvalue weighted by molar-refractivity contribution is 6.30. The molecule has 0 aromatic heterocycles. The third-order valence-corrected chi connectivity index (χ3v) is 3.26. The number of hydrogen-bond donors (Lipinski definition) is 2. The van der Waals surface area contributed by atoms with Crippen LogP contribution in [-0.2, 0) is 4.79 Å². The van der Waals surface area contributed by atoms with Crippen molar-refractivity contribution < 1.29 is 4.79 Å². The Morgan fingerprint density at radius 2 is 1.90 bits per heavy atom. The SMILES string of the molecule is CCCN(CC)CCNCC(=O)Nc1ccc(Cl)cc1. The molecular weight excluding hydrogens is 274 g/mol. The topological polar surface area (TPSA) is 44.4 Å². The van der Waals surface area contributed by atoms with Gasteiger partial charge in [0.05, 0.1) is 6.54 Å². The minimum absolute atomic E-state index is 0.0362. The third-order valence-electron chi connectivity index (χ3n) is 3.01. The number of nitrogens with zero attached hydrogens (tertiary/aromatic N) is 1. The Labute approximate surface area is 126 Å². The van der Waals surface area contributed by atoms with Crippen molar-refractivity contribution in [2.75, 3.05) is 38.0 Å². The Morgan fingerprint density at radius 3 is 2.50 bits per heavy atom. The van der Waals surface area contributed by atoms with E-state index in [-0.39, 0.29) is 5.91 Å². The number of carbonyl (C=O) groups excluding carboxylic acids is 1. The van der Waals surface area contributed by atoms with E-state index in [0.717, 1.165) is 38.3 Å². The molecule has 0 unspecified atom stereocenters. The Kier molecular flexibility index (Phi) is 8.26. The molecule has 0 aliphatic carbocycles. The number of benzene rings is 1. The van der Waals surface area contributed by atoms with Crippen LogP contribution in [0.15, 0.2) is 24.3 Å². The van der Waals surface area contributed by atoms with Gasteiger partial charge in [-0.05, 0) is 43.8 Å². The summed E-state index contributed by atoms with van der Waals surface area (Å²) in [6.45, 7) is 8.60. The second kappa shape index (κ2) is 9.75. The lowest BCUT2D eigenvalue weighted by Crippen LogP contribution is -2.36. The molecule has 1 rings (SSSR count). The summed E-state index contributed by atoms with van der Waals surface area (Å²) in [6.07, 6.45) is 1.16. The van der Waals surface area contributed by atoms with Crippen LogP contribution in [0.3, 0.4) is 0 Å². The first-order valence-electron chi connectivity index (χ1n) is 7.14. The summed E-state index contributed by atoms with van der Waals surface area (Å²) in [5.41, 5.74) is 0.766. The number of likely N-dealkylation sites (N-methyl/N-ethyl adjacent to an activating group) is 1. The maximum Gasteiger partial charge on any atom is 0.238 e. The Balaban J connectivity index is 2.18. The van der Waals surface area contributed by atoms with Gasteiger partial charge in [0.2, 0.25) is 5.91 Å². The number of carbonyl (C=O) groups is 1. The van der Waals surface area contributed by atoms with Crippen LogP contribution < -0.4 is 10.6 Å². The van der Waals surface area contributed by atoms with Crippen LogP contribution in [0, 0.1) is 0 Å². The first-order chi connectivity index (χ1) is 9.65. The minimum atomic E-state index is -0.0362. The number of rotatable bonds is 9. The van der Waals surface area contributed by atoms with Gasteiger partial charge in [0.25, 0.3) is 0 Å². The van der Waals surface area contributed by atoms with Crippen molar-refractivity contribution in [2.45, 2.75) is 20.3 Å². The van der Waals surface area contributed by atoms with Crippen molar-refractivity contribution in [1.82, 2.24) is 10.2 Å². The zero-order valence-corrected chi connectivity index (χ0v) is 13.0. The molecule has 4 nitrogen and oxygen atoms in total. The van der Waals surface area contributed by atoms with Crippen molar-refractivity contribution in [3.05, 3.63) is 29.3 Å². The summed E-state index contributed by atoms with van der Waals surface area (Å²) in [7, 11) is 0. The second-order valence-corrected chi connectivity index (χ2v) is 5.10. The van der Waals surface area contributed by atoms with E-state index in [1.54, 1.807) is 24.3 Å². The lowest BCUT2D eigenvalue weighted by atomic mass is 10.3. The highest BCUT2D eigenvalue weighted by atomic mass is 35.5. The average molecular weight is 298 g/mol. The summed E-state index contributed by atoms with van der Waals surface area (Å²) in [6, 6.07) is 7.10. The molecule has 20 heavy (non-hydrogen) atoms. The van der Waals surface area contributed by atoms with E-state index >= 15 is 0 Å². The van der Waals surface area contributed by atoms with Gasteiger partial charge in [-0.2, -0.15) is 0 Å². The van der Waals surface area contributed by atoms with Gasteiger partial charge >= 0.3 is 0 Å². The Bertz CT molecular complexity index is 395. The monoisotopic (exact) mass is 297 g/mol. The van der Waals surface area contributed by atoms with Crippen molar-refractivity contribution in [2.24, 2.45) is 0 Å². The Hall–Kier alpha value is -1.10. The van der Waals surface area contributed by atoms with Crippen LogP contribution in [0.2, 0.25) is 5.02 Å². The highest BCUT2D eigenvalue weighted by Gasteiger charge is 2.03. The van der Waals surface area contributed by atoms with Gasteiger partial charge in [0.1, 0.15) is 0 Å². The summed E-state index contributed by atoms with van der Waals surface area (Å²) < 4.78 is 0. The van der Waals surface area contributed by atoms with Crippen molar-refractivity contribution in [3.63, 3.8) is 0 Å². The molecule has 0 radical (unpaired) electrons. The van der Waals surface area contributed by atoms with Gasteiger partial charge < -0.3 is 15.5 Å². The lowest BCUT2D eigenvalue weighted by Gasteiger charge is -2.19. The van der Waals surface area contributed by atoms with E-state index in [1.807, 2.05) is 0 Å². The molecule has 2 N–H and O–H groups in total. The van der Waals surface area contributed by atoms with Crippen LogP contribution in [0.25, 0.3) is 0 Å². The molecule has 0 saturated heterocycles. The standard InChI is InChI=1S/C15H24ClN3O/c1-3-10-19(4-2)11-9-17-12-15(20)18-14-7-5-13(16)6-8-14/h5-8,17H,3-4,9-12H2,1-2H3,(H,18,20). The number of nitrogens with one attached hydrogen (secondary N) is 2. The van der Waals surface area contributed by atoms with E-state index in [9.17, 15) is 4.79 Å². The number of amides is 1. The zero-order valence-electron chi connectivity index (χ0n) is 12.3. The number of anilines is 1. The van der Waals surface area contributed by atoms with Gasteiger partial charge in [0, 0.05) is 23.8 Å². The predicted octanol–water partition coefficient (Wildman–Crippen LogP) is 2.60. The molecule has 0 atom stereocenters. The van der Waals surface area contributed by atoms with E-state index in [0.29, 0.717) is 11.6 Å². The molecule has 112 valence electrons.